The lowest BCUT2D eigenvalue weighted by atomic mass is 10.1. The molecule has 0 spiro atoms. The second-order valence-corrected chi connectivity index (χ2v) is 7.07. The third-order valence-electron chi connectivity index (χ3n) is 5.16. The first kappa shape index (κ1) is 18.0. The molecule has 138 valence electrons. The van der Waals surface area contributed by atoms with Gasteiger partial charge in [0.2, 0.25) is 0 Å². The molecule has 1 aliphatic carbocycles. The van der Waals surface area contributed by atoms with Crippen LogP contribution in [0.4, 0.5) is 14.9 Å². The number of nitrogens with one attached hydrogen (secondary N) is 1. The Balaban J connectivity index is 1.50. The zero-order valence-electron chi connectivity index (χ0n) is 15.0. The van der Waals surface area contributed by atoms with Gasteiger partial charge in [0.05, 0.1) is 18.9 Å². The monoisotopic (exact) mass is 349 g/mol. The molecule has 1 aromatic carbocycles. The molecule has 25 heavy (non-hydrogen) atoms. The number of hydrogen-bond donors (Lipinski definition) is 1. The van der Waals surface area contributed by atoms with Gasteiger partial charge in [0.15, 0.2) is 0 Å². The fourth-order valence-corrected chi connectivity index (χ4v) is 3.70. The SMILES string of the molecule is CN(CC1CCCC1)C(=O)NCc1ccc(N2CCOCC2)c(F)c1. The van der Waals surface area contributed by atoms with Gasteiger partial charge in [-0.25, -0.2) is 9.18 Å². The van der Waals surface area contributed by atoms with Crippen molar-refractivity contribution in [2.24, 2.45) is 5.92 Å². The normalized spacial score (nSPS) is 18.4. The summed E-state index contributed by atoms with van der Waals surface area (Å²) < 4.78 is 19.7. The van der Waals surface area contributed by atoms with E-state index in [1.807, 2.05) is 18.0 Å². The van der Waals surface area contributed by atoms with Crippen LogP contribution in [-0.4, -0.2) is 50.8 Å². The average Bonchev–Trinajstić information content (AvgIpc) is 3.13. The van der Waals surface area contributed by atoms with E-state index in [0.29, 0.717) is 44.5 Å². The van der Waals surface area contributed by atoms with Crippen molar-refractivity contribution in [1.82, 2.24) is 10.2 Å². The highest BCUT2D eigenvalue weighted by atomic mass is 19.1. The molecule has 1 N–H and O–H groups in total. The summed E-state index contributed by atoms with van der Waals surface area (Å²) in [7, 11) is 1.83. The third-order valence-corrected chi connectivity index (χ3v) is 5.16. The van der Waals surface area contributed by atoms with Crippen LogP contribution in [0.1, 0.15) is 31.2 Å². The number of carbonyl (C=O) groups excluding carboxylic acids is 1. The fraction of sp³-hybridized carbons (Fsp3) is 0.632. The van der Waals surface area contributed by atoms with Crippen molar-refractivity contribution < 1.29 is 13.9 Å². The highest BCUT2D eigenvalue weighted by molar-refractivity contribution is 5.73. The van der Waals surface area contributed by atoms with Crippen molar-refractivity contribution in [3.8, 4) is 0 Å². The van der Waals surface area contributed by atoms with Crippen LogP contribution in [0.5, 0.6) is 0 Å². The molecular weight excluding hydrogens is 321 g/mol. The Morgan fingerprint density at radius 1 is 1.32 bits per heavy atom. The van der Waals surface area contributed by atoms with Crippen LogP contribution < -0.4 is 10.2 Å². The van der Waals surface area contributed by atoms with E-state index in [1.54, 1.807) is 11.0 Å². The number of rotatable bonds is 5. The first-order valence-electron chi connectivity index (χ1n) is 9.23. The summed E-state index contributed by atoms with van der Waals surface area (Å²) in [5.41, 5.74) is 1.38. The Kier molecular flexibility index (Phi) is 6.13. The van der Waals surface area contributed by atoms with Crippen molar-refractivity contribution in [1.29, 1.82) is 0 Å². The standard InChI is InChI=1S/C19H28FN3O2/c1-22(14-15-4-2-3-5-15)19(24)21-13-16-6-7-18(17(20)12-16)23-8-10-25-11-9-23/h6-7,12,15H,2-5,8-11,13-14H2,1H3,(H,21,24). The van der Waals surface area contributed by atoms with Crippen LogP contribution in [0.25, 0.3) is 0 Å². The van der Waals surface area contributed by atoms with Gasteiger partial charge in [0.1, 0.15) is 5.82 Å². The van der Waals surface area contributed by atoms with E-state index in [0.717, 1.165) is 12.1 Å². The molecule has 0 bridgehead atoms. The Hall–Kier alpha value is -1.82. The lowest BCUT2D eigenvalue weighted by Gasteiger charge is -2.29. The van der Waals surface area contributed by atoms with Crippen molar-refractivity contribution in [3.05, 3.63) is 29.6 Å². The van der Waals surface area contributed by atoms with E-state index in [9.17, 15) is 9.18 Å². The number of anilines is 1. The number of halogens is 1. The van der Waals surface area contributed by atoms with Crippen LogP contribution in [-0.2, 0) is 11.3 Å². The maximum atomic E-state index is 14.4. The summed E-state index contributed by atoms with van der Waals surface area (Å²) >= 11 is 0. The van der Waals surface area contributed by atoms with Gasteiger partial charge < -0.3 is 19.9 Å². The summed E-state index contributed by atoms with van der Waals surface area (Å²) in [4.78, 5) is 15.9. The predicted molar refractivity (Wildman–Crippen MR) is 96.3 cm³/mol. The van der Waals surface area contributed by atoms with Crippen molar-refractivity contribution in [3.63, 3.8) is 0 Å². The highest BCUT2D eigenvalue weighted by Gasteiger charge is 2.19. The third kappa shape index (κ3) is 4.84. The molecule has 2 amide bonds. The van der Waals surface area contributed by atoms with E-state index < -0.39 is 0 Å². The fourth-order valence-electron chi connectivity index (χ4n) is 3.70. The molecule has 0 atom stereocenters. The topological polar surface area (TPSA) is 44.8 Å². The average molecular weight is 349 g/mol. The molecule has 1 aliphatic heterocycles. The number of amides is 2. The van der Waals surface area contributed by atoms with E-state index in [-0.39, 0.29) is 11.8 Å². The molecule has 1 saturated carbocycles. The van der Waals surface area contributed by atoms with Crippen LogP contribution in [0.2, 0.25) is 0 Å². The summed E-state index contributed by atoms with van der Waals surface area (Å²) in [5, 5.41) is 2.89. The molecule has 1 heterocycles. The maximum Gasteiger partial charge on any atom is 0.317 e. The number of hydrogen-bond acceptors (Lipinski definition) is 3. The lowest BCUT2D eigenvalue weighted by Crippen LogP contribution is -2.39. The summed E-state index contributed by atoms with van der Waals surface area (Å²) in [6.07, 6.45) is 4.97. The van der Waals surface area contributed by atoms with Gasteiger partial charge >= 0.3 is 6.03 Å². The second-order valence-electron chi connectivity index (χ2n) is 7.07. The van der Waals surface area contributed by atoms with Crippen LogP contribution in [0, 0.1) is 11.7 Å². The van der Waals surface area contributed by atoms with Crippen LogP contribution >= 0.6 is 0 Å². The van der Waals surface area contributed by atoms with Gasteiger partial charge in [-0.1, -0.05) is 18.9 Å². The molecule has 2 fully saturated rings. The van der Waals surface area contributed by atoms with Crippen molar-refractivity contribution >= 4 is 11.7 Å². The molecule has 3 rings (SSSR count). The smallest absolute Gasteiger partial charge is 0.317 e. The largest absolute Gasteiger partial charge is 0.378 e. The van der Waals surface area contributed by atoms with Crippen LogP contribution in [0.15, 0.2) is 18.2 Å². The minimum Gasteiger partial charge on any atom is -0.378 e. The first-order valence-corrected chi connectivity index (χ1v) is 9.23. The predicted octanol–water partition coefficient (Wildman–Crippen LogP) is 2.99. The van der Waals surface area contributed by atoms with Crippen molar-refractivity contribution in [2.75, 3.05) is 44.8 Å². The molecule has 1 saturated heterocycles. The number of ether oxygens (including phenoxy) is 1. The molecule has 5 nitrogen and oxygen atoms in total. The minimum absolute atomic E-state index is 0.0930. The molecule has 0 aromatic heterocycles. The molecule has 0 unspecified atom stereocenters. The van der Waals surface area contributed by atoms with Gasteiger partial charge in [-0.2, -0.15) is 0 Å². The van der Waals surface area contributed by atoms with Gasteiger partial charge in [-0.15, -0.1) is 0 Å². The van der Waals surface area contributed by atoms with E-state index in [2.05, 4.69) is 5.32 Å². The molecule has 0 radical (unpaired) electrons. The second kappa shape index (κ2) is 8.52. The highest BCUT2D eigenvalue weighted by Crippen LogP contribution is 2.25. The minimum atomic E-state index is -0.243. The quantitative estimate of drug-likeness (QED) is 0.889. The van der Waals surface area contributed by atoms with Crippen molar-refractivity contribution in [2.45, 2.75) is 32.2 Å². The summed E-state index contributed by atoms with van der Waals surface area (Å²) in [5.74, 6) is 0.383. The van der Waals surface area contributed by atoms with E-state index in [4.69, 9.17) is 4.74 Å². The molecule has 1 aromatic rings. The number of carbonyl (C=O) groups is 1. The zero-order chi connectivity index (χ0) is 17.6. The Labute approximate surface area is 149 Å². The Morgan fingerprint density at radius 2 is 2.04 bits per heavy atom. The van der Waals surface area contributed by atoms with Crippen LogP contribution in [0.3, 0.4) is 0 Å². The van der Waals surface area contributed by atoms with E-state index in [1.165, 1.54) is 31.7 Å². The summed E-state index contributed by atoms with van der Waals surface area (Å²) in [6, 6.07) is 5.10. The van der Waals surface area contributed by atoms with E-state index >= 15 is 0 Å². The van der Waals surface area contributed by atoms with Gasteiger partial charge in [-0.05, 0) is 36.5 Å². The first-order chi connectivity index (χ1) is 12.1. The summed E-state index contributed by atoms with van der Waals surface area (Å²) in [6.45, 7) is 3.82. The van der Waals surface area contributed by atoms with Gasteiger partial charge in [-0.3, -0.25) is 0 Å². The number of morpholine rings is 1. The van der Waals surface area contributed by atoms with Gasteiger partial charge in [0, 0.05) is 33.2 Å². The number of benzene rings is 1. The number of urea groups is 1. The Bertz CT molecular complexity index is 584. The van der Waals surface area contributed by atoms with Gasteiger partial charge in [0.25, 0.3) is 0 Å². The zero-order valence-corrected chi connectivity index (χ0v) is 15.0. The number of nitrogens with zero attached hydrogens (tertiary/aromatic N) is 2. The molecular formula is C19H28FN3O2. The molecule has 2 aliphatic rings. The Morgan fingerprint density at radius 3 is 2.72 bits per heavy atom. The molecule has 6 heteroatoms. The maximum absolute atomic E-state index is 14.4. The lowest BCUT2D eigenvalue weighted by molar-refractivity contribution is 0.122.